The standard InChI is InChI=1S/C11H11ClN2O2/c12-7-2-1-3-8-10(7)13-9-5-16-4-6(9)11(15)14-8/h1-3,6,9,13H,4-5H2,(H,14,15). The summed E-state index contributed by atoms with van der Waals surface area (Å²) in [4.78, 5) is 11.9. The van der Waals surface area contributed by atoms with Gasteiger partial charge in [-0.2, -0.15) is 0 Å². The lowest BCUT2D eigenvalue weighted by Gasteiger charge is -2.15. The summed E-state index contributed by atoms with van der Waals surface area (Å²) in [5.74, 6) is -0.139. The predicted molar refractivity (Wildman–Crippen MR) is 61.8 cm³/mol. The number of fused-ring (bicyclic) bond motifs is 2. The van der Waals surface area contributed by atoms with Gasteiger partial charge in [0.1, 0.15) is 0 Å². The minimum atomic E-state index is -0.136. The molecule has 2 aliphatic heterocycles. The molecule has 1 fully saturated rings. The third-order valence-electron chi connectivity index (χ3n) is 3.02. The summed E-state index contributed by atoms with van der Waals surface area (Å²) in [5, 5.41) is 6.76. The minimum absolute atomic E-state index is 0.00369. The van der Waals surface area contributed by atoms with Crippen LogP contribution >= 0.6 is 11.6 Å². The maximum absolute atomic E-state index is 11.9. The van der Waals surface area contributed by atoms with E-state index in [1.807, 2.05) is 12.1 Å². The van der Waals surface area contributed by atoms with E-state index in [2.05, 4.69) is 10.6 Å². The Morgan fingerprint density at radius 3 is 3.12 bits per heavy atom. The Morgan fingerprint density at radius 2 is 2.25 bits per heavy atom. The average molecular weight is 239 g/mol. The number of ether oxygens (including phenoxy) is 1. The van der Waals surface area contributed by atoms with Crippen LogP contribution in [0.4, 0.5) is 11.4 Å². The summed E-state index contributed by atoms with van der Waals surface area (Å²) in [6, 6.07) is 5.48. The normalized spacial score (nSPS) is 27.4. The Kier molecular flexibility index (Phi) is 2.26. The second-order valence-electron chi connectivity index (χ2n) is 4.05. The van der Waals surface area contributed by atoms with Crippen LogP contribution in [0.2, 0.25) is 5.02 Å². The molecule has 1 aromatic carbocycles. The van der Waals surface area contributed by atoms with Crippen molar-refractivity contribution < 1.29 is 9.53 Å². The molecule has 2 unspecified atom stereocenters. The molecule has 0 spiro atoms. The van der Waals surface area contributed by atoms with Gasteiger partial charge in [0.25, 0.3) is 0 Å². The van der Waals surface area contributed by atoms with Gasteiger partial charge in [0, 0.05) is 0 Å². The molecule has 2 atom stereocenters. The third-order valence-corrected chi connectivity index (χ3v) is 3.33. The largest absolute Gasteiger partial charge is 0.378 e. The third kappa shape index (κ3) is 1.45. The highest BCUT2D eigenvalue weighted by Gasteiger charge is 2.37. The molecular formula is C11H11ClN2O2. The molecule has 0 aliphatic carbocycles. The highest BCUT2D eigenvalue weighted by molar-refractivity contribution is 6.34. The summed E-state index contributed by atoms with van der Waals surface area (Å²) in [5.41, 5.74) is 1.53. The van der Waals surface area contributed by atoms with Gasteiger partial charge in [-0.15, -0.1) is 0 Å². The van der Waals surface area contributed by atoms with Gasteiger partial charge < -0.3 is 15.4 Å². The highest BCUT2D eigenvalue weighted by Crippen LogP contribution is 2.35. The maximum Gasteiger partial charge on any atom is 0.232 e. The number of anilines is 2. The van der Waals surface area contributed by atoms with Gasteiger partial charge in [0.15, 0.2) is 0 Å². The Bertz CT molecular complexity index is 450. The Morgan fingerprint density at radius 1 is 1.38 bits per heavy atom. The van der Waals surface area contributed by atoms with Crippen molar-refractivity contribution in [3.63, 3.8) is 0 Å². The van der Waals surface area contributed by atoms with Gasteiger partial charge in [-0.25, -0.2) is 0 Å². The van der Waals surface area contributed by atoms with E-state index in [9.17, 15) is 4.79 Å². The zero-order chi connectivity index (χ0) is 11.1. The number of carbonyl (C=O) groups excluding carboxylic acids is 1. The predicted octanol–water partition coefficient (Wildman–Crippen LogP) is 1.72. The van der Waals surface area contributed by atoms with Crippen molar-refractivity contribution in [1.82, 2.24) is 0 Å². The van der Waals surface area contributed by atoms with Crippen LogP contribution < -0.4 is 10.6 Å². The number of hydrogen-bond donors (Lipinski definition) is 2. The average Bonchev–Trinajstić information content (AvgIpc) is 2.66. The van der Waals surface area contributed by atoms with Crippen molar-refractivity contribution in [2.75, 3.05) is 23.8 Å². The summed E-state index contributed by atoms with van der Waals surface area (Å²) >= 11 is 6.10. The van der Waals surface area contributed by atoms with Gasteiger partial charge in [0.05, 0.1) is 41.6 Å². The van der Waals surface area contributed by atoms with E-state index in [0.29, 0.717) is 18.2 Å². The molecular weight excluding hydrogens is 228 g/mol. The molecule has 4 nitrogen and oxygen atoms in total. The van der Waals surface area contributed by atoms with Crippen molar-refractivity contribution in [1.29, 1.82) is 0 Å². The van der Waals surface area contributed by atoms with E-state index in [4.69, 9.17) is 16.3 Å². The van der Waals surface area contributed by atoms with Gasteiger partial charge in [-0.05, 0) is 12.1 Å². The van der Waals surface area contributed by atoms with Crippen molar-refractivity contribution in [3.8, 4) is 0 Å². The fourth-order valence-corrected chi connectivity index (χ4v) is 2.37. The van der Waals surface area contributed by atoms with Crippen molar-refractivity contribution in [3.05, 3.63) is 23.2 Å². The van der Waals surface area contributed by atoms with Crippen molar-refractivity contribution >= 4 is 28.9 Å². The van der Waals surface area contributed by atoms with Crippen LogP contribution in [0, 0.1) is 5.92 Å². The molecule has 0 aromatic heterocycles. The molecule has 3 rings (SSSR count). The molecule has 0 saturated carbocycles. The van der Waals surface area contributed by atoms with Crippen LogP contribution in [-0.4, -0.2) is 25.2 Å². The molecule has 2 N–H and O–H groups in total. The van der Waals surface area contributed by atoms with Gasteiger partial charge in [-0.1, -0.05) is 17.7 Å². The molecule has 1 saturated heterocycles. The quantitative estimate of drug-likeness (QED) is 0.724. The zero-order valence-corrected chi connectivity index (χ0v) is 9.25. The van der Waals surface area contributed by atoms with E-state index in [0.717, 1.165) is 11.4 Å². The van der Waals surface area contributed by atoms with Gasteiger partial charge in [-0.3, -0.25) is 4.79 Å². The first-order chi connectivity index (χ1) is 7.75. The second-order valence-corrected chi connectivity index (χ2v) is 4.45. The monoisotopic (exact) mass is 238 g/mol. The lowest BCUT2D eigenvalue weighted by Crippen LogP contribution is -2.33. The van der Waals surface area contributed by atoms with E-state index < -0.39 is 0 Å². The molecule has 1 amide bonds. The van der Waals surface area contributed by atoms with Crippen LogP contribution in [0.15, 0.2) is 18.2 Å². The number of para-hydroxylation sites is 1. The summed E-state index contributed by atoms with van der Waals surface area (Å²) in [7, 11) is 0. The zero-order valence-electron chi connectivity index (χ0n) is 8.50. The van der Waals surface area contributed by atoms with Crippen LogP contribution in [0.5, 0.6) is 0 Å². The number of rotatable bonds is 0. The summed E-state index contributed by atoms with van der Waals surface area (Å²) in [6.45, 7) is 1.01. The Labute approximate surface area is 97.9 Å². The van der Waals surface area contributed by atoms with Crippen LogP contribution in [0.3, 0.4) is 0 Å². The number of halogens is 1. The van der Waals surface area contributed by atoms with Gasteiger partial charge in [0.2, 0.25) is 5.91 Å². The highest BCUT2D eigenvalue weighted by atomic mass is 35.5. The second kappa shape index (κ2) is 3.64. The Balaban J connectivity index is 2.05. The first-order valence-electron chi connectivity index (χ1n) is 5.19. The summed E-state index contributed by atoms with van der Waals surface area (Å²) < 4.78 is 5.31. The molecule has 0 radical (unpaired) electrons. The van der Waals surface area contributed by atoms with Crippen molar-refractivity contribution in [2.24, 2.45) is 5.92 Å². The Hall–Kier alpha value is -1.26. The fraction of sp³-hybridized carbons (Fsp3) is 0.364. The van der Waals surface area contributed by atoms with E-state index in [-0.39, 0.29) is 17.9 Å². The fourth-order valence-electron chi connectivity index (χ4n) is 2.14. The number of amides is 1. The lowest BCUT2D eigenvalue weighted by molar-refractivity contribution is -0.119. The topological polar surface area (TPSA) is 50.4 Å². The molecule has 1 aromatic rings. The van der Waals surface area contributed by atoms with Crippen LogP contribution in [0.1, 0.15) is 0 Å². The summed E-state index contributed by atoms with van der Waals surface area (Å²) in [6.07, 6.45) is 0. The van der Waals surface area contributed by atoms with Crippen molar-refractivity contribution in [2.45, 2.75) is 6.04 Å². The van der Waals surface area contributed by atoms with Gasteiger partial charge >= 0.3 is 0 Å². The SMILES string of the molecule is O=C1Nc2cccc(Cl)c2NC2COCC12. The van der Waals surface area contributed by atoms with E-state index >= 15 is 0 Å². The molecule has 2 heterocycles. The van der Waals surface area contributed by atoms with E-state index in [1.54, 1.807) is 6.07 Å². The van der Waals surface area contributed by atoms with Crippen LogP contribution in [0.25, 0.3) is 0 Å². The number of hydrogen-bond acceptors (Lipinski definition) is 3. The van der Waals surface area contributed by atoms with E-state index in [1.165, 1.54) is 0 Å². The molecule has 16 heavy (non-hydrogen) atoms. The smallest absolute Gasteiger partial charge is 0.232 e. The lowest BCUT2D eigenvalue weighted by atomic mass is 10.0. The number of benzene rings is 1. The number of nitrogens with one attached hydrogen (secondary N) is 2. The molecule has 2 aliphatic rings. The first kappa shape index (κ1) is 9.93. The minimum Gasteiger partial charge on any atom is -0.378 e. The first-order valence-corrected chi connectivity index (χ1v) is 5.57. The van der Waals surface area contributed by atoms with Crippen LogP contribution in [-0.2, 0) is 9.53 Å². The maximum atomic E-state index is 11.9. The number of carbonyl (C=O) groups is 1. The molecule has 5 heteroatoms. The molecule has 0 bridgehead atoms. The molecule has 84 valence electrons.